The number of benzene rings is 1. The summed E-state index contributed by atoms with van der Waals surface area (Å²) >= 11 is 0. The second-order valence-corrected chi connectivity index (χ2v) is 6.42. The fourth-order valence-corrected chi connectivity index (χ4v) is 3.19. The highest BCUT2D eigenvalue weighted by molar-refractivity contribution is 5.28. The van der Waals surface area contributed by atoms with Gasteiger partial charge in [0.15, 0.2) is 0 Å². The molecule has 118 valence electrons. The Balaban J connectivity index is 1.97. The van der Waals surface area contributed by atoms with Crippen molar-refractivity contribution in [3.63, 3.8) is 0 Å². The van der Waals surface area contributed by atoms with Crippen molar-refractivity contribution < 1.29 is 4.74 Å². The Labute approximate surface area is 129 Å². The zero-order valence-corrected chi connectivity index (χ0v) is 13.9. The van der Waals surface area contributed by atoms with Crippen LogP contribution in [0.2, 0.25) is 0 Å². The van der Waals surface area contributed by atoms with Crippen LogP contribution in [0.5, 0.6) is 5.75 Å². The molecule has 1 aliphatic rings. The maximum atomic E-state index is 5.32. The Morgan fingerprint density at radius 2 is 2.19 bits per heavy atom. The van der Waals surface area contributed by atoms with Gasteiger partial charge in [0.05, 0.1) is 7.11 Å². The molecule has 0 bridgehead atoms. The molecule has 0 aliphatic carbocycles. The van der Waals surface area contributed by atoms with Crippen LogP contribution in [0, 0.1) is 5.92 Å². The molecule has 1 aromatic rings. The molecule has 1 fully saturated rings. The largest absolute Gasteiger partial charge is 0.497 e. The van der Waals surface area contributed by atoms with Gasteiger partial charge in [-0.15, -0.1) is 0 Å². The molecule has 2 unspecified atom stereocenters. The van der Waals surface area contributed by atoms with Crippen molar-refractivity contribution in [3.8, 4) is 5.75 Å². The summed E-state index contributed by atoms with van der Waals surface area (Å²) in [5.41, 5.74) is 1.36. The van der Waals surface area contributed by atoms with Crippen LogP contribution in [0.4, 0.5) is 0 Å². The van der Waals surface area contributed by atoms with E-state index in [0.717, 1.165) is 25.3 Å². The second-order valence-electron chi connectivity index (χ2n) is 6.42. The first-order valence-corrected chi connectivity index (χ1v) is 8.24. The van der Waals surface area contributed by atoms with Crippen LogP contribution in [0.25, 0.3) is 0 Å². The van der Waals surface area contributed by atoms with Crippen molar-refractivity contribution >= 4 is 0 Å². The predicted molar refractivity (Wildman–Crippen MR) is 89.0 cm³/mol. The van der Waals surface area contributed by atoms with Crippen molar-refractivity contribution in [3.05, 3.63) is 29.8 Å². The normalized spacial score (nSPS) is 23.5. The molecule has 3 nitrogen and oxygen atoms in total. The predicted octanol–water partition coefficient (Wildman–Crippen LogP) is 2.95. The Morgan fingerprint density at radius 3 is 2.86 bits per heavy atom. The summed E-state index contributed by atoms with van der Waals surface area (Å²) in [4.78, 5) is 2.68. The van der Waals surface area contributed by atoms with Crippen LogP contribution in [-0.4, -0.2) is 43.7 Å². The summed E-state index contributed by atoms with van der Waals surface area (Å²) in [6.45, 7) is 10.4. The second kappa shape index (κ2) is 7.81. The molecule has 1 heterocycles. The van der Waals surface area contributed by atoms with Crippen molar-refractivity contribution in [1.82, 2.24) is 10.2 Å². The molecule has 1 saturated heterocycles. The van der Waals surface area contributed by atoms with Gasteiger partial charge in [0.1, 0.15) is 5.75 Å². The number of methoxy groups -OCH3 is 1. The van der Waals surface area contributed by atoms with Gasteiger partial charge in [-0.05, 0) is 36.5 Å². The zero-order valence-electron chi connectivity index (χ0n) is 13.9. The van der Waals surface area contributed by atoms with E-state index >= 15 is 0 Å². The first kappa shape index (κ1) is 16.3. The molecular weight excluding hydrogens is 260 g/mol. The number of piperazine rings is 1. The van der Waals surface area contributed by atoms with E-state index in [4.69, 9.17) is 4.74 Å². The van der Waals surface area contributed by atoms with E-state index in [1.807, 2.05) is 6.07 Å². The minimum absolute atomic E-state index is 0.644. The average Bonchev–Trinajstić information content (AvgIpc) is 2.52. The highest BCUT2D eigenvalue weighted by atomic mass is 16.5. The molecule has 1 aromatic carbocycles. The van der Waals surface area contributed by atoms with Crippen LogP contribution < -0.4 is 10.1 Å². The van der Waals surface area contributed by atoms with Gasteiger partial charge < -0.3 is 10.1 Å². The van der Waals surface area contributed by atoms with Gasteiger partial charge in [0.2, 0.25) is 0 Å². The topological polar surface area (TPSA) is 24.5 Å². The van der Waals surface area contributed by atoms with Crippen LogP contribution in [0.1, 0.15) is 32.8 Å². The van der Waals surface area contributed by atoms with Crippen LogP contribution in [0.15, 0.2) is 24.3 Å². The summed E-state index contributed by atoms with van der Waals surface area (Å²) in [5.74, 6) is 1.65. The highest BCUT2D eigenvalue weighted by Crippen LogP contribution is 2.18. The van der Waals surface area contributed by atoms with E-state index in [0.29, 0.717) is 18.0 Å². The third-order valence-corrected chi connectivity index (χ3v) is 4.62. The van der Waals surface area contributed by atoms with E-state index < -0.39 is 0 Å². The molecule has 1 N–H and O–H groups in total. The maximum Gasteiger partial charge on any atom is 0.119 e. The van der Waals surface area contributed by atoms with E-state index in [-0.39, 0.29) is 0 Å². The van der Waals surface area contributed by atoms with Gasteiger partial charge in [-0.1, -0.05) is 32.9 Å². The van der Waals surface area contributed by atoms with E-state index in [2.05, 4.69) is 49.2 Å². The molecule has 0 saturated carbocycles. The minimum atomic E-state index is 0.644. The van der Waals surface area contributed by atoms with Gasteiger partial charge in [0, 0.05) is 31.7 Å². The summed E-state index contributed by atoms with van der Waals surface area (Å²) in [5, 5.41) is 3.68. The van der Waals surface area contributed by atoms with E-state index in [1.54, 1.807) is 7.11 Å². The SMILES string of the molecule is CCC1CN(CCc2cccc(OC)c2)C(C(C)C)CN1. The lowest BCUT2D eigenvalue weighted by Gasteiger charge is -2.42. The monoisotopic (exact) mass is 290 g/mol. The third kappa shape index (κ3) is 4.45. The van der Waals surface area contributed by atoms with Crippen molar-refractivity contribution in [2.75, 3.05) is 26.7 Å². The molecule has 0 spiro atoms. The fraction of sp³-hybridized carbons (Fsp3) is 0.667. The van der Waals surface area contributed by atoms with Gasteiger partial charge >= 0.3 is 0 Å². The van der Waals surface area contributed by atoms with Crippen LogP contribution in [-0.2, 0) is 6.42 Å². The Kier molecular flexibility index (Phi) is 6.07. The average molecular weight is 290 g/mol. The number of hydrogen-bond acceptors (Lipinski definition) is 3. The number of hydrogen-bond donors (Lipinski definition) is 1. The van der Waals surface area contributed by atoms with E-state index in [9.17, 15) is 0 Å². The van der Waals surface area contributed by atoms with Gasteiger partial charge in [-0.2, -0.15) is 0 Å². The fourth-order valence-electron chi connectivity index (χ4n) is 3.19. The van der Waals surface area contributed by atoms with Gasteiger partial charge in [-0.25, -0.2) is 0 Å². The summed E-state index contributed by atoms with van der Waals surface area (Å²) in [6.07, 6.45) is 2.30. The highest BCUT2D eigenvalue weighted by Gasteiger charge is 2.28. The minimum Gasteiger partial charge on any atom is -0.497 e. The van der Waals surface area contributed by atoms with E-state index in [1.165, 1.54) is 18.5 Å². The lowest BCUT2D eigenvalue weighted by atomic mass is 9.97. The zero-order chi connectivity index (χ0) is 15.2. The van der Waals surface area contributed by atoms with Gasteiger partial charge in [-0.3, -0.25) is 4.90 Å². The summed E-state index contributed by atoms with van der Waals surface area (Å²) in [7, 11) is 1.73. The summed E-state index contributed by atoms with van der Waals surface area (Å²) in [6, 6.07) is 9.75. The lowest BCUT2D eigenvalue weighted by Crippen LogP contribution is -2.58. The molecular formula is C18H30N2O. The van der Waals surface area contributed by atoms with Crippen molar-refractivity contribution in [1.29, 1.82) is 0 Å². The molecule has 0 amide bonds. The molecule has 2 atom stereocenters. The van der Waals surface area contributed by atoms with Crippen molar-refractivity contribution in [2.45, 2.75) is 45.7 Å². The number of nitrogens with one attached hydrogen (secondary N) is 1. The number of ether oxygens (including phenoxy) is 1. The standard InChI is InChI=1S/C18H30N2O/c1-5-16-13-20(18(12-19-16)14(2)3)10-9-15-7-6-8-17(11-15)21-4/h6-8,11,14,16,18-19H,5,9-10,12-13H2,1-4H3. The van der Waals surface area contributed by atoms with Crippen LogP contribution >= 0.6 is 0 Å². The number of rotatable bonds is 6. The third-order valence-electron chi connectivity index (χ3n) is 4.62. The van der Waals surface area contributed by atoms with Gasteiger partial charge in [0.25, 0.3) is 0 Å². The molecule has 21 heavy (non-hydrogen) atoms. The maximum absolute atomic E-state index is 5.32. The first-order valence-electron chi connectivity index (χ1n) is 8.24. The molecule has 3 heteroatoms. The Bertz CT molecular complexity index is 433. The lowest BCUT2D eigenvalue weighted by molar-refractivity contribution is 0.0985. The molecule has 0 radical (unpaired) electrons. The molecule has 1 aliphatic heterocycles. The Hall–Kier alpha value is -1.06. The molecule has 0 aromatic heterocycles. The van der Waals surface area contributed by atoms with Crippen LogP contribution in [0.3, 0.4) is 0 Å². The smallest absolute Gasteiger partial charge is 0.119 e. The quantitative estimate of drug-likeness (QED) is 0.872. The molecule has 2 rings (SSSR count). The first-order chi connectivity index (χ1) is 10.1. The Morgan fingerprint density at radius 1 is 1.38 bits per heavy atom. The van der Waals surface area contributed by atoms with Crippen molar-refractivity contribution in [2.24, 2.45) is 5.92 Å². The summed E-state index contributed by atoms with van der Waals surface area (Å²) < 4.78 is 5.32. The number of nitrogens with zero attached hydrogens (tertiary/aromatic N) is 1.